The summed E-state index contributed by atoms with van der Waals surface area (Å²) >= 11 is 0. The third-order valence-electron chi connectivity index (χ3n) is 6.85. The number of halogens is 1. The lowest BCUT2D eigenvalue weighted by atomic mass is 9.92. The van der Waals surface area contributed by atoms with Crippen LogP contribution in [0.15, 0.2) is 21.5 Å². The highest BCUT2D eigenvalue weighted by atomic mass is 127. The van der Waals surface area contributed by atoms with Crippen LogP contribution in [0.4, 0.5) is 0 Å². The zero-order valence-corrected chi connectivity index (χ0v) is 23.2. The Morgan fingerprint density at radius 1 is 0.939 bits per heavy atom. The summed E-state index contributed by atoms with van der Waals surface area (Å²) in [6.07, 6.45) is 2.37. The maximum Gasteiger partial charge on any atom is 0.191 e. The van der Waals surface area contributed by atoms with Gasteiger partial charge in [-0.2, -0.15) is 0 Å². The van der Waals surface area contributed by atoms with Crippen molar-refractivity contribution in [3.8, 4) is 0 Å². The first-order valence-electron chi connectivity index (χ1n) is 12.3. The summed E-state index contributed by atoms with van der Waals surface area (Å²) in [5.41, 5.74) is 0. The molecular weight excluding hydrogens is 533 g/mol. The molecule has 33 heavy (non-hydrogen) atoms. The Kier molecular flexibility index (Phi) is 13.0. The van der Waals surface area contributed by atoms with Gasteiger partial charge in [0.1, 0.15) is 11.5 Å². The quantitative estimate of drug-likeness (QED) is 0.252. The molecule has 3 rings (SSSR count). The SMILES string of the molecule is CCC(CC)C(CNC(=NC)NCC(c1ccc(C)o1)N1CCOCC1)N1CCOCC1.I. The second-order valence-electron chi connectivity index (χ2n) is 8.74. The molecule has 0 aromatic carbocycles. The van der Waals surface area contributed by atoms with E-state index in [-0.39, 0.29) is 30.0 Å². The van der Waals surface area contributed by atoms with E-state index in [1.54, 1.807) is 0 Å². The minimum atomic E-state index is 0. The molecule has 0 bridgehead atoms. The molecule has 2 unspecified atom stereocenters. The summed E-state index contributed by atoms with van der Waals surface area (Å²) in [5.74, 6) is 3.44. The van der Waals surface area contributed by atoms with Gasteiger partial charge in [-0.1, -0.05) is 26.7 Å². The van der Waals surface area contributed by atoms with Gasteiger partial charge in [0.05, 0.1) is 32.5 Å². The predicted octanol–water partition coefficient (Wildman–Crippen LogP) is 2.88. The fraction of sp³-hybridized carbons (Fsp3) is 0.792. The van der Waals surface area contributed by atoms with Crippen LogP contribution in [0.3, 0.4) is 0 Å². The Morgan fingerprint density at radius 3 is 2.03 bits per heavy atom. The summed E-state index contributed by atoms with van der Waals surface area (Å²) in [7, 11) is 1.84. The minimum absolute atomic E-state index is 0. The van der Waals surface area contributed by atoms with E-state index in [0.29, 0.717) is 12.0 Å². The van der Waals surface area contributed by atoms with Crippen LogP contribution in [0, 0.1) is 12.8 Å². The first-order valence-corrected chi connectivity index (χ1v) is 12.3. The molecule has 2 N–H and O–H groups in total. The number of aliphatic imine (C=N–C) groups is 1. The highest BCUT2D eigenvalue weighted by molar-refractivity contribution is 14.0. The first kappa shape index (κ1) is 28.4. The fourth-order valence-corrected chi connectivity index (χ4v) is 4.88. The number of aryl methyl sites for hydroxylation is 1. The van der Waals surface area contributed by atoms with Crippen LogP contribution in [-0.4, -0.2) is 94.5 Å². The van der Waals surface area contributed by atoms with Gasteiger partial charge in [-0.25, -0.2) is 0 Å². The summed E-state index contributed by atoms with van der Waals surface area (Å²) in [6.45, 7) is 15.2. The number of morpholine rings is 2. The van der Waals surface area contributed by atoms with Crippen molar-refractivity contribution in [1.29, 1.82) is 0 Å². The van der Waals surface area contributed by atoms with E-state index in [0.717, 1.165) is 83.2 Å². The topological polar surface area (TPSA) is 74.5 Å². The number of furan rings is 1. The molecule has 8 nitrogen and oxygen atoms in total. The van der Waals surface area contributed by atoms with E-state index >= 15 is 0 Å². The van der Waals surface area contributed by atoms with Crippen LogP contribution < -0.4 is 10.6 Å². The Hall–Kier alpha value is -0.880. The number of nitrogens with zero attached hydrogens (tertiary/aromatic N) is 3. The zero-order chi connectivity index (χ0) is 22.8. The fourth-order valence-electron chi connectivity index (χ4n) is 4.88. The number of nitrogens with one attached hydrogen (secondary N) is 2. The second kappa shape index (κ2) is 15.2. The van der Waals surface area contributed by atoms with Gasteiger partial charge in [-0.15, -0.1) is 24.0 Å². The molecule has 0 radical (unpaired) electrons. The van der Waals surface area contributed by atoms with Crippen molar-refractivity contribution in [2.45, 2.75) is 45.7 Å². The third kappa shape index (κ3) is 8.38. The highest BCUT2D eigenvalue weighted by Crippen LogP contribution is 2.23. The van der Waals surface area contributed by atoms with Crippen molar-refractivity contribution >= 4 is 29.9 Å². The average Bonchev–Trinajstić information content (AvgIpc) is 3.27. The Morgan fingerprint density at radius 2 is 1.52 bits per heavy atom. The van der Waals surface area contributed by atoms with Gasteiger partial charge in [0.15, 0.2) is 5.96 Å². The van der Waals surface area contributed by atoms with Crippen molar-refractivity contribution in [2.24, 2.45) is 10.9 Å². The lowest BCUT2D eigenvalue weighted by Crippen LogP contribution is -2.54. The standard InChI is InChI=1S/C24H43N5O3.HI/c1-5-20(6-2)21(28-9-13-30-14-10-28)17-26-24(25-4)27-18-22(23-8-7-19(3)32-23)29-11-15-31-16-12-29;/h7-8,20-22H,5-6,9-18H2,1-4H3,(H2,25,26,27);1H. The largest absolute Gasteiger partial charge is 0.465 e. The van der Waals surface area contributed by atoms with Gasteiger partial charge in [-0.05, 0) is 25.0 Å². The van der Waals surface area contributed by atoms with E-state index in [2.05, 4.69) is 45.3 Å². The lowest BCUT2D eigenvalue weighted by Gasteiger charge is -2.39. The van der Waals surface area contributed by atoms with Crippen molar-refractivity contribution in [2.75, 3.05) is 72.7 Å². The molecule has 2 aliphatic heterocycles. The number of hydrogen-bond donors (Lipinski definition) is 2. The minimum Gasteiger partial charge on any atom is -0.465 e. The molecule has 3 heterocycles. The molecule has 2 aliphatic rings. The van der Waals surface area contributed by atoms with Gasteiger partial charge >= 0.3 is 0 Å². The van der Waals surface area contributed by atoms with Crippen LogP contribution in [0.25, 0.3) is 0 Å². The average molecular weight is 578 g/mol. The number of guanidine groups is 1. The summed E-state index contributed by atoms with van der Waals surface area (Å²) < 4.78 is 17.2. The van der Waals surface area contributed by atoms with E-state index in [1.807, 2.05) is 20.0 Å². The molecule has 1 aromatic rings. The molecule has 0 saturated carbocycles. The molecular formula is C24H44IN5O3. The highest BCUT2D eigenvalue weighted by Gasteiger charge is 2.28. The monoisotopic (exact) mass is 577 g/mol. The van der Waals surface area contributed by atoms with E-state index in [9.17, 15) is 0 Å². The maximum atomic E-state index is 6.00. The van der Waals surface area contributed by atoms with Crippen LogP contribution in [0.1, 0.15) is 44.3 Å². The smallest absolute Gasteiger partial charge is 0.191 e. The van der Waals surface area contributed by atoms with E-state index in [1.165, 1.54) is 12.8 Å². The first-order chi connectivity index (χ1) is 15.7. The normalized spacial score (nSPS) is 20.3. The molecule has 0 amide bonds. The van der Waals surface area contributed by atoms with Gasteiger partial charge in [0.25, 0.3) is 0 Å². The molecule has 190 valence electrons. The summed E-state index contributed by atoms with van der Waals surface area (Å²) in [4.78, 5) is 9.53. The summed E-state index contributed by atoms with van der Waals surface area (Å²) in [6, 6.07) is 4.77. The molecule has 2 atom stereocenters. The van der Waals surface area contributed by atoms with Crippen LogP contribution in [0.5, 0.6) is 0 Å². The van der Waals surface area contributed by atoms with Crippen LogP contribution in [0.2, 0.25) is 0 Å². The molecule has 0 spiro atoms. The third-order valence-corrected chi connectivity index (χ3v) is 6.85. The van der Waals surface area contributed by atoms with Crippen molar-refractivity contribution in [1.82, 2.24) is 20.4 Å². The predicted molar refractivity (Wildman–Crippen MR) is 144 cm³/mol. The molecule has 2 saturated heterocycles. The molecule has 1 aromatic heterocycles. The Balaban J connectivity index is 0.00000385. The van der Waals surface area contributed by atoms with Gasteiger partial charge in [0, 0.05) is 52.4 Å². The summed E-state index contributed by atoms with van der Waals surface area (Å²) in [5, 5.41) is 7.17. The molecule has 2 fully saturated rings. The Bertz CT molecular complexity index is 685. The van der Waals surface area contributed by atoms with Gasteiger partial charge in [0.2, 0.25) is 0 Å². The maximum absolute atomic E-state index is 6.00. The van der Waals surface area contributed by atoms with Crippen LogP contribution in [-0.2, 0) is 9.47 Å². The van der Waals surface area contributed by atoms with Gasteiger partial charge in [-0.3, -0.25) is 14.8 Å². The van der Waals surface area contributed by atoms with E-state index < -0.39 is 0 Å². The van der Waals surface area contributed by atoms with Crippen LogP contribution >= 0.6 is 24.0 Å². The second-order valence-corrected chi connectivity index (χ2v) is 8.74. The Labute approximate surface area is 216 Å². The molecule has 0 aliphatic carbocycles. The van der Waals surface area contributed by atoms with Crippen molar-refractivity contribution in [3.05, 3.63) is 23.7 Å². The zero-order valence-electron chi connectivity index (χ0n) is 20.8. The molecule has 9 heteroatoms. The number of ether oxygens (including phenoxy) is 2. The lowest BCUT2D eigenvalue weighted by molar-refractivity contribution is 0.00266. The number of hydrogen-bond acceptors (Lipinski definition) is 6. The van der Waals surface area contributed by atoms with Gasteiger partial charge < -0.3 is 24.5 Å². The van der Waals surface area contributed by atoms with E-state index in [4.69, 9.17) is 13.9 Å². The number of rotatable bonds is 10. The van der Waals surface area contributed by atoms with Crippen molar-refractivity contribution in [3.63, 3.8) is 0 Å². The van der Waals surface area contributed by atoms with Crippen molar-refractivity contribution < 1.29 is 13.9 Å².